The van der Waals surface area contributed by atoms with Gasteiger partial charge in [0.05, 0.1) is 19.3 Å². The SMILES string of the molecule is CCCCCCCC/C=C\CCCCCCCC(=O)OC[C@H](COP(=O)(O)OCCN)OC(=O)CCCCCCCC(O)/C=C/C(=O)O. The second-order valence-corrected chi connectivity index (χ2v) is 13.5. The predicted octanol–water partition coefficient (Wildman–Crippen LogP) is 7.30. The van der Waals surface area contributed by atoms with E-state index in [0.29, 0.717) is 25.7 Å². The van der Waals surface area contributed by atoms with Gasteiger partial charge in [0.25, 0.3) is 0 Å². The maximum absolute atomic E-state index is 12.4. The van der Waals surface area contributed by atoms with E-state index in [0.717, 1.165) is 63.9 Å². The minimum absolute atomic E-state index is 0.0165. The highest BCUT2D eigenvalue weighted by Gasteiger charge is 2.26. The number of aliphatic hydroxyl groups is 1. The molecule has 0 aromatic carbocycles. The van der Waals surface area contributed by atoms with E-state index >= 15 is 0 Å². The highest BCUT2D eigenvalue weighted by atomic mass is 31.2. The molecule has 0 saturated carbocycles. The lowest BCUT2D eigenvalue weighted by atomic mass is 10.1. The van der Waals surface area contributed by atoms with Crippen molar-refractivity contribution in [2.75, 3.05) is 26.4 Å². The number of hydrogen-bond acceptors (Lipinski definition) is 10. The maximum atomic E-state index is 12.4. The molecule has 0 amide bonds. The number of carbonyl (C=O) groups is 3. The fourth-order valence-corrected chi connectivity index (χ4v) is 5.55. The number of esters is 2. The molecule has 2 unspecified atom stereocenters. The zero-order valence-electron chi connectivity index (χ0n) is 29.3. The summed E-state index contributed by atoms with van der Waals surface area (Å²) in [4.78, 5) is 45.0. The lowest BCUT2D eigenvalue weighted by molar-refractivity contribution is -0.161. The Morgan fingerprint density at radius 2 is 1.29 bits per heavy atom. The average molecular weight is 706 g/mol. The molecule has 3 atom stereocenters. The summed E-state index contributed by atoms with van der Waals surface area (Å²) in [6.45, 7) is 1.25. The number of aliphatic carboxylic acids is 1. The lowest BCUT2D eigenvalue weighted by Gasteiger charge is -2.19. The Bertz CT molecular complexity index is 928. The zero-order valence-corrected chi connectivity index (χ0v) is 30.2. The molecule has 0 fully saturated rings. The summed E-state index contributed by atoms with van der Waals surface area (Å²) in [6.07, 6.45) is 24.2. The lowest BCUT2D eigenvalue weighted by Crippen LogP contribution is -2.29. The molecular formula is C35H64NO11P. The molecule has 0 spiro atoms. The summed E-state index contributed by atoms with van der Waals surface area (Å²) in [6, 6.07) is 0. The van der Waals surface area contributed by atoms with Gasteiger partial charge < -0.3 is 30.3 Å². The number of nitrogens with two attached hydrogens (primary N) is 1. The van der Waals surface area contributed by atoms with Crippen molar-refractivity contribution in [1.29, 1.82) is 0 Å². The van der Waals surface area contributed by atoms with Crippen molar-refractivity contribution in [2.24, 2.45) is 5.73 Å². The normalized spacial score (nSPS) is 14.2. The van der Waals surface area contributed by atoms with Crippen molar-refractivity contribution in [1.82, 2.24) is 0 Å². The van der Waals surface area contributed by atoms with Crippen LogP contribution in [0, 0.1) is 0 Å². The smallest absolute Gasteiger partial charge is 0.472 e. The van der Waals surface area contributed by atoms with Crippen molar-refractivity contribution in [3.8, 4) is 0 Å². The van der Waals surface area contributed by atoms with Gasteiger partial charge in [-0.05, 0) is 51.0 Å². The molecule has 5 N–H and O–H groups in total. The van der Waals surface area contributed by atoms with Gasteiger partial charge in [-0.25, -0.2) is 9.36 Å². The van der Waals surface area contributed by atoms with Crippen LogP contribution in [0.4, 0.5) is 0 Å². The Balaban J connectivity index is 4.29. The van der Waals surface area contributed by atoms with E-state index in [4.69, 9.17) is 29.4 Å². The van der Waals surface area contributed by atoms with Crippen LogP contribution in [0.1, 0.15) is 142 Å². The molecule has 0 saturated heterocycles. The first-order valence-electron chi connectivity index (χ1n) is 18.0. The van der Waals surface area contributed by atoms with Crippen LogP contribution in [-0.4, -0.2) is 71.6 Å². The second kappa shape index (κ2) is 32.1. The molecule has 0 radical (unpaired) electrons. The van der Waals surface area contributed by atoms with Gasteiger partial charge in [0.2, 0.25) is 0 Å². The third-order valence-corrected chi connectivity index (χ3v) is 8.49. The van der Waals surface area contributed by atoms with E-state index in [1.165, 1.54) is 44.6 Å². The van der Waals surface area contributed by atoms with E-state index in [-0.39, 0.29) is 32.6 Å². The van der Waals surface area contributed by atoms with Gasteiger partial charge >= 0.3 is 25.7 Å². The van der Waals surface area contributed by atoms with Gasteiger partial charge in [-0.15, -0.1) is 0 Å². The fraction of sp³-hybridized carbons (Fsp3) is 0.800. The average Bonchev–Trinajstić information content (AvgIpc) is 3.05. The van der Waals surface area contributed by atoms with E-state index in [9.17, 15) is 28.9 Å². The van der Waals surface area contributed by atoms with Gasteiger partial charge in [-0.1, -0.05) is 96.1 Å². The number of aliphatic hydroxyl groups excluding tert-OH is 1. The summed E-state index contributed by atoms with van der Waals surface area (Å²) < 4.78 is 32.4. The zero-order chi connectivity index (χ0) is 35.7. The van der Waals surface area contributed by atoms with Crippen LogP contribution in [-0.2, 0) is 37.5 Å². The highest BCUT2D eigenvalue weighted by molar-refractivity contribution is 7.47. The van der Waals surface area contributed by atoms with Gasteiger partial charge in [-0.3, -0.25) is 18.6 Å². The molecule has 48 heavy (non-hydrogen) atoms. The van der Waals surface area contributed by atoms with Crippen molar-refractivity contribution < 1.29 is 52.6 Å². The predicted molar refractivity (Wildman–Crippen MR) is 186 cm³/mol. The Morgan fingerprint density at radius 3 is 1.88 bits per heavy atom. The molecule has 13 heteroatoms. The second-order valence-electron chi connectivity index (χ2n) is 12.1. The molecule has 0 aliphatic carbocycles. The monoisotopic (exact) mass is 705 g/mol. The summed E-state index contributed by atoms with van der Waals surface area (Å²) in [5.41, 5.74) is 5.30. The van der Waals surface area contributed by atoms with Crippen LogP contribution in [0.5, 0.6) is 0 Å². The fourth-order valence-electron chi connectivity index (χ4n) is 4.78. The maximum Gasteiger partial charge on any atom is 0.472 e. The first kappa shape index (κ1) is 45.9. The molecule has 12 nitrogen and oxygen atoms in total. The Kier molecular flexibility index (Phi) is 30.8. The van der Waals surface area contributed by atoms with E-state index in [1.807, 2.05) is 0 Å². The van der Waals surface area contributed by atoms with Crippen molar-refractivity contribution in [2.45, 2.75) is 154 Å². The molecule has 0 aromatic heterocycles. The van der Waals surface area contributed by atoms with Crippen LogP contribution in [0.3, 0.4) is 0 Å². The molecule has 0 aliphatic rings. The molecule has 0 rings (SSSR count). The topological polar surface area (TPSA) is 192 Å². The number of rotatable bonds is 34. The summed E-state index contributed by atoms with van der Waals surface area (Å²) >= 11 is 0. The number of phosphoric ester groups is 1. The van der Waals surface area contributed by atoms with Crippen molar-refractivity contribution in [3.05, 3.63) is 24.3 Å². The molecule has 280 valence electrons. The number of unbranched alkanes of at least 4 members (excludes halogenated alkanes) is 15. The Morgan fingerprint density at radius 1 is 0.750 bits per heavy atom. The number of ether oxygens (including phenoxy) is 2. The standard InChI is InChI=1S/C35H64NO11P/c1-2-3-4-5-6-7-8-9-10-11-12-13-14-17-20-23-34(40)44-29-32(30-46-48(42,43)45-28-27-36)47-35(41)24-21-18-15-16-19-22-31(37)25-26-33(38)39/h9-10,25-26,31-32,37H,2-8,11-24,27-30,36H2,1H3,(H,38,39)(H,42,43)/b10-9-,26-25+/t31?,32-/m1/s1. The van der Waals surface area contributed by atoms with Gasteiger partial charge in [-0.2, -0.15) is 0 Å². The quantitative estimate of drug-likeness (QED) is 0.0172. The largest absolute Gasteiger partial charge is 0.478 e. The summed E-state index contributed by atoms with van der Waals surface area (Å²) in [5.74, 6) is -2.10. The van der Waals surface area contributed by atoms with Crippen LogP contribution in [0.2, 0.25) is 0 Å². The third kappa shape index (κ3) is 32.5. The van der Waals surface area contributed by atoms with Gasteiger partial charge in [0.15, 0.2) is 6.10 Å². The number of allylic oxidation sites excluding steroid dienone is 2. The van der Waals surface area contributed by atoms with Gasteiger partial charge in [0.1, 0.15) is 6.61 Å². The first-order chi connectivity index (χ1) is 23.1. The van der Waals surface area contributed by atoms with E-state index in [2.05, 4.69) is 19.1 Å². The first-order valence-corrected chi connectivity index (χ1v) is 19.5. The summed E-state index contributed by atoms with van der Waals surface area (Å²) in [7, 11) is -4.42. The van der Waals surface area contributed by atoms with Crippen molar-refractivity contribution >= 4 is 25.7 Å². The summed E-state index contributed by atoms with van der Waals surface area (Å²) in [5, 5.41) is 18.3. The van der Waals surface area contributed by atoms with Crippen LogP contribution in [0.15, 0.2) is 24.3 Å². The van der Waals surface area contributed by atoms with Crippen LogP contribution in [0.25, 0.3) is 0 Å². The Hall–Kier alpha value is -2.08. The number of carboxylic acid groups (broad SMARTS) is 1. The number of hydrogen-bond donors (Lipinski definition) is 4. The number of carbonyl (C=O) groups excluding carboxylic acids is 2. The number of carboxylic acids is 1. The number of phosphoric acid groups is 1. The molecule has 0 bridgehead atoms. The molecule has 0 heterocycles. The van der Waals surface area contributed by atoms with E-state index in [1.54, 1.807) is 0 Å². The van der Waals surface area contributed by atoms with Gasteiger partial charge in [0, 0.05) is 25.5 Å². The Labute approximate surface area is 288 Å². The van der Waals surface area contributed by atoms with E-state index < -0.39 is 44.5 Å². The van der Waals surface area contributed by atoms with Crippen LogP contribution >= 0.6 is 7.82 Å². The molecule has 0 aliphatic heterocycles. The minimum Gasteiger partial charge on any atom is -0.478 e. The van der Waals surface area contributed by atoms with Crippen molar-refractivity contribution in [3.63, 3.8) is 0 Å². The highest BCUT2D eigenvalue weighted by Crippen LogP contribution is 2.43. The molecular weight excluding hydrogens is 641 g/mol. The minimum atomic E-state index is -4.42. The van der Waals surface area contributed by atoms with Crippen LogP contribution < -0.4 is 5.73 Å². The third-order valence-electron chi connectivity index (χ3n) is 7.51. The molecule has 0 aromatic rings.